The molecule has 6 nitrogen and oxygen atoms in total. The lowest BCUT2D eigenvalue weighted by Crippen LogP contribution is -2.48. The minimum absolute atomic E-state index is 0.000930. The highest BCUT2D eigenvalue weighted by Gasteiger charge is 2.28. The predicted molar refractivity (Wildman–Crippen MR) is 149 cm³/mol. The third-order valence-corrected chi connectivity index (χ3v) is 7.71. The number of nitrogen functional groups attached to an aromatic ring is 1. The van der Waals surface area contributed by atoms with Crippen molar-refractivity contribution in [2.75, 3.05) is 19.6 Å². The molecule has 1 aliphatic rings. The van der Waals surface area contributed by atoms with E-state index in [0.717, 1.165) is 48.4 Å². The van der Waals surface area contributed by atoms with Crippen LogP contribution in [-0.2, 0) is 11.2 Å². The van der Waals surface area contributed by atoms with Crippen molar-refractivity contribution < 1.29 is 9.18 Å². The van der Waals surface area contributed by atoms with Crippen molar-refractivity contribution >= 4 is 23.7 Å². The maximum atomic E-state index is 14.3. The molecule has 0 aliphatic carbocycles. The third kappa shape index (κ3) is 7.19. The van der Waals surface area contributed by atoms with Gasteiger partial charge in [0.2, 0.25) is 5.91 Å². The number of carbonyl (C=O) groups is 1. The summed E-state index contributed by atoms with van der Waals surface area (Å²) in [6.07, 6.45) is 3.39. The molecular weight excluding hydrogens is 485 g/mol. The van der Waals surface area contributed by atoms with Gasteiger partial charge in [0.1, 0.15) is 17.7 Å². The van der Waals surface area contributed by atoms with E-state index in [2.05, 4.69) is 4.72 Å². The van der Waals surface area contributed by atoms with Crippen LogP contribution in [0.4, 0.5) is 4.39 Å². The Balaban J connectivity index is 1.51. The highest BCUT2D eigenvalue weighted by atomic mass is 32.2. The number of hydrogen-bond donors (Lipinski definition) is 4. The molecule has 1 fully saturated rings. The molecule has 1 saturated heterocycles. The summed E-state index contributed by atoms with van der Waals surface area (Å²) in [4.78, 5) is 16.5. The number of halogens is 1. The first-order valence-corrected chi connectivity index (χ1v) is 13.5. The molecule has 0 aromatic heterocycles. The molecular formula is C29H34FN5OS. The van der Waals surface area contributed by atoms with Crippen molar-refractivity contribution in [2.24, 2.45) is 17.4 Å². The van der Waals surface area contributed by atoms with Crippen LogP contribution >= 0.6 is 11.9 Å². The number of carbonyl (C=O) groups excluding carboxylic acids is 1. The van der Waals surface area contributed by atoms with Crippen molar-refractivity contribution in [3.8, 4) is 11.1 Å². The number of likely N-dealkylation sites (tertiary alicyclic amines) is 1. The zero-order valence-corrected chi connectivity index (χ0v) is 21.6. The summed E-state index contributed by atoms with van der Waals surface area (Å²) in [7, 11) is 0. The van der Waals surface area contributed by atoms with Crippen LogP contribution in [0.15, 0.2) is 77.7 Å². The SMILES string of the molecule is N=C(N)c1cccc(CC(NSc2cccc(-c3ccccc3F)c2)C(=O)N2CCC(CCN)CC2)c1. The molecule has 37 heavy (non-hydrogen) atoms. The molecule has 1 atom stereocenters. The Morgan fingerprint density at radius 1 is 1.08 bits per heavy atom. The van der Waals surface area contributed by atoms with E-state index in [1.807, 2.05) is 53.4 Å². The van der Waals surface area contributed by atoms with Crippen molar-refractivity contribution in [3.05, 3.63) is 89.7 Å². The smallest absolute Gasteiger partial charge is 0.240 e. The molecule has 6 N–H and O–H groups in total. The largest absolute Gasteiger partial charge is 0.384 e. The summed E-state index contributed by atoms with van der Waals surface area (Å²) in [5, 5.41) is 7.76. The fraction of sp³-hybridized carbons (Fsp3) is 0.310. The summed E-state index contributed by atoms with van der Waals surface area (Å²) in [6.45, 7) is 2.13. The Bertz CT molecular complexity index is 1230. The minimum atomic E-state index is -0.476. The van der Waals surface area contributed by atoms with Gasteiger partial charge < -0.3 is 16.4 Å². The topological polar surface area (TPSA) is 108 Å². The van der Waals surface area contributed by atoms with Crippen LogP contribution in [0.1, 0.15) is 30.4 Å². The Labute approximate surface area is 222 Å². The highest BCUT2D eigenvalue weighted by molar-refractivity contribution is 7.97. The number of benzene rings is 3. The van der Waals surface area contributed by atoms with E-state index in [9.17, 15) is 9.18 Å². The molecule has 1 unspecified atom stereocenters. The van der Waals surface area contributed by atoms with Gasteiger partial charge in [-0.15, -0.1) is 0 Å². The van der Waals surface area contributed by atoms with Gasteiger partial charge in [-0.05, 0) is 85.5 Å². The molecule has 8 heteroatoms. The van der Waals surface area contributed by atoms with E-state index in [0.29, 0.717) is 30.0 Å². The fourth-order valence-electron chi connectivity index (χ4n) is 4.74. The van der Waals surface area contributed by atoms with E-state index in [-0.39, 0.29) is 17.6 Å². The molecule has 0 bridgehead atoms. The number of nitrogens with zero attached hydrogens (tertiary/aromatic N) is 1. The van der Waals surface area contributed by atoms with Crippen LogP contribution in [0.25, 0.3) is 11.1 Å². The Morgan fingerprint density at radius 2 is 1.84 bits per heavy atom. The predicted octanol–water partition coefficient (Wildman–Crippen LogP) is 4.57. The van der Waals surface area contributed by atoms with Crippen LogP contribution in [0.3, 0.4) is 0 Å². The number of hydrogen-bond acceptors (Lipinski definition) is 5. The van der Waals surface area contributed by atoms with E-state index < -0.39 is 6.04 Å². The molecule has 1 aliphatic heterocycles. The lowest BCUT2D eigenvalue weighted by molar-refractivity contribution is -0.134. The second-order valence-electron chi connectivity index (χ2n) is 9.44. The number of nitrogens with two attached hydrogens (primary N) is 2. The van der Waals surface area contributed by atoms with E-state index in [1.54, 1.807) is 18.2 Å². The van der Waals surface area contributed by atoms with Gasteiger partial charge in [0.05, 0.1) is 0 Å². The first kappa shape index (κ1) is 26.9. The molecule has 4 rings (SSSR count). The van der Waals surface area contributed by atoms with Gasteiger partial charge in [0.25, 0.3) is 0 Å². The number of amidine groups is 1. The average Bonchev–Trinajstić information content (AvgIpc) is 2.92. The summed E-state index contributed by atoms with van der Waals surface area (Å²) >= 11 is 1.37. The van der Waals surface area contributed by atoms with E-state index in [4.69, 9.17) is 16.9 Å². The molecule has 1 heterocycles. The standard InChI is InChI=1S/C29H34FN5OS/c30-26-10-2-1-9-25(26)22-6-4-8-24(19-22)37-34-27(18-21-5-3-7-23(17-21)28(32)33)29(36)35-15-12-20(11-14-31)13-16-35/h1-10,17,19-20,27,34H,11-16,18,31H2,(H3,32,33). The number of piperidine rings is 1. The van der Waals surface area contributed by atoms with Gasteiger partial charge in [-0.1, -0.05) is 48.5 Å². The van der Waals surface area contributed by atoms with Crippen molar-refractivity contribution in [3.63, 3.8) is 0 Å². The summed E-state index contributed by atoms with van der Waals surface area (Å²) in [6, 6.07) is 21.3. The quantitative estimate of drug-likeness (QED) is 0.178. The molecule has 1 amide bonds. The van der Waals surface area contributed by atoms with Crippen LogP contribution in [0, 0.1) is 17.1 Å². The molecule has 194 valence electrons. The van der Waals surface area contributed by atoms with Gasteiger partial charge in [0, 0.05) is 29.1 Å². The Hall–Kier alpha value is -3.20. The zero-order chi connectivity index (χ0) is 26.2. The van der Waals surface area contributed by atoms with Gasteiger partial charge >= 0.3 is 0 Å². The molecule has 0 spiro atoms. The van der Waals surface area contributed by atoms with Gasteiger partial charge in [0.15, 0.2) is 0 Å². The highest BCUT2D eigenvalue weighted by Crippen LogP contribution is 2.27. The lowest BCUT2D eigenvalue weighted by atomic mass is 9.93. The first-order valence-electron chi connectivity index (χ1n) is 12.6. The van der Waals surface area contributed by atoms with E-state index in [1.165, 1.54) is 18.0 Å². The maximum Gasteiger partial charge on any atom is 0.240 e. The molecule has 0 saturated carbocycles. The van der Waals surface area contributed by atoms with Crippen LogP contribution in [0.5, 0.6) is 0 Å². The summed E-state index contributed by atoms with van der Waals surface area (Å²) < 4.78 is 17.7. The Morgan fingerprint density at radius 3 is 2.57 bits per heavy atom. The first-order chi connectivity index (χ1) is 17.9. The third-order valence-electron chi connectivity index (χ3n) is 6.81. The van der Waals surface area contributed by atoms with Crippen LogP contribution < -0.4 is 16.2 Å². The number of amides is 1. The summed E-state index contributed by atoms with van der Waals surface area (Å²) in [5.74, 6) is 0.355. The van der Waals surface area contributed by atoms with Crippen LogP contribution in [0.2, 0.25) is 0 Å². The fourth-order valence-corrected chi connectivity index (χ4v) is 5.54. The van der Waals surface area contributed by atoms with Crippen molar-refractivity contribution in [2.45, 2.75) is 36.6 Å². The average molecular weight is 520 g/mol. The second-order valence-corrected chi connectivity index (χ2v) is 10.4. The molecule has 3 aromatic rings. The van der Waals surface area contributed by atoms with Crippen molar-refractivity contribution in [1.82, 2.24) is 9.62 Å². The lowest BCUT2D eigenvalue weighted by Gasteiger charge is -2.34. The van der Waals surface area contributed by atoms with Gasteiger partial charge in [-0.25, -0.2) is 9.11 Å². The van der Waals surface area contributed by atoms with Crippen molar-refractivity contribution in [1.29, 1.82) is 5.41 Å². The molecule has 0 radical (unpaired) electrons. The van der Waals surface area contributed by atoms with Gasteiger partial charge in [-0.2, -0.15) is 0 Å². The maximum absolute atomic E-state index is 14.3. The second kappa shape index (κ2) is 12.9. The van der Waals surface area contributed by atoms with Crippen LogP contribution in [-0.4, -0.2) is 42.3 Å². The monoisotopic (exact) mass is 519 g/mol. The normalized spacial score (nSPS) is 14.9. The Kier molecular flexibility index (Phi) is 9.33. The number of rotatable bonds is 10. The summed E-state index contributed by atoms with van der Waals surface area (Å²) in [5.41, 5.74) is 14.3. The minimum Gasteiger partial charge on any atom is -0.384 e. The zero-order valence-electron chi connectivity index (χ0n) is 20.8. The van der Waals surface area contributed by atoms with Gasteiger partial charge in [-0.3, -0.25) is 10.2 Å². The number of nitrogens with one attached hydrogen (secondary N) is 2. The van der Waals surface area contributed by atoms with E-state index >= 15 is 0 Å². The molecule has 3 aromatic carbocycles.